The van der Waals surface area contributed by atoms with Crippen molar-refractivity contribution in [1.82, 2.24) is 11.2 Å². The van der Waals surface area contributed by atoms with Crippen molar-refractivity contribution in [3.63, 3.8) is 0 Å². The zero-order valence-corrected chi connectivity index (χ0v) is 7.00. The Morgan fingerprint density at radius 1 is 1.45 bits per heavy atom. The van der Waals surface area contributed by atoms with Gasteiger partial charge in [0.1, 0.15) is 0 Å². The van der Waals surface area contributed by atoms with E-state index in [1.807, 2.05) is 6.08 Å². The Bertz CT molecular complexity index is 109. The highest BCUT2D eigenvalue weighted by Crippen LogP contribution is 2.18. The Labute approximate surface area is 68.2 Å². The normalized spacial score (nSPS) is 20.8. The van der Waals surface area contributed by atoms with Gasteiger partial charge in [-0.1, -0.05) is 6.08 Å². The molecule has 1 aliphatic heterocycles. The van der Waals surface area contributed by atoms with E-state index in [4.69, 9.17) is 5.21 Å². The molecule has 0 aliphatic carbocycles. The molecule has 1 saturated heterocycles. The van der Waals surface area contributed by atoms with Crippen molar-refractivity contribution in [1.29, 1.82) is 0 Å². The molecule has 1 heterocycles. The van der Waals surface area contributed by atoms with Crippen LogP contribution >= 0.6 is 0 Å². The van der Waals surface area contributed by atoms with E-state index in [0.717, 1.165) is 38.3 Å². The van der Waals surface area contributed by atoms with Crippen LogP contribution in [0.4, 0.5) is 0 Å². The second kappa shape index (κ2) is 5.29. The minimum absolute atomic E-state index is 0. The maximum Gasteiger partial charge on any atom is 0.0240 e. The molecule has 0 aromatic carbocycles. The molecule has 0 amide bonds. The fraction of sp³-hybridized carbons (Fsp3) is 0.750. The first-order valence-electron chi connectivity index (χ1n) is 3.87. The summed E-state index contributed by atoms with van der Waals surface area (Å²) >= 11 is 0. The van der Waals surface area contributed by atoms with Gasteiger partial charge in [0.15, 0.2) is 0 Å². The third-order valence-corrected chi connectivity index (χ3v) is 2.09. The molecule has 3 heteroatoms. The van der Waals surface area contributed by atoms with E-state index in [-0.39, 0.29) is 6.15 Å². The molecule has 1 fully saturated rings. The Morgan fingerprint density at radius 2 is 2.00 bits per heavy atom. The Morgan fingerprint density at radius 3 is 2.45 bits per heavy atom. The quantitative estimate of drug-likeness (QED) is 0.603. The van der Waals surface area contributed by atoms with E-state index in [9.17, 15) is 0 Å². The zero-order valence-electron chi connectivity index (χ0n) is 7.00. The maximum atomic E-state index is 9.00. The molecule has 3 nitrogen and oxygen atoms in total. The number of rotatable bonds is 2. The lowest BCUT2D eigenvalue weighted by molar-refractivity contribution is -0.111. The second-order valence-corrected chi connectivity index (χ2v) is 2.92. The molecule has 0 spiro atoms. The largest absolute Gasteiger partial charge is 0.344 e. The average Bonchev–Trinajstić information content (AvgIpc) is 1.95. The summed E-state index contributed by atoms with van der Waals surface area (Å²) in [5.41, 5.74) is 0. The lowest BCUT2D eigenvalue weighted by Crippen LogP contribution is -2.30. The van der Waals surface area contributed by atoms with Gasteiger partial charge in [-0.05, 0) is 25.2 Å². The number of hydroxylamine groups is 2. The number of allylic oxidation sites excluding steroid dienone is 1. The Kier molecular flexibility index (Phi) is 5.11. The van der Waals surface area contributed by atoms with Gasteiger partial charge in [-0.25, -0.2) is 0 Å². The van der Waals surface area contributed by atoms with E-state index in [2.05, 4.69) is 6.58 Å². The molecule has 4 N–H and O–H groups in total. The third kappa shape index (κ3) is 3.51. The molecule has 0 unspecified atom stereocenters. The predicted molar refractivity (Wildman–Crippen MR) is 45.9 cm³/mol. The highest BCUT2D eigenvalue weighted by molar-refractivity contribution is 4.76. The molecular formula is C8H18N2O. The molecule has 0 aromatic rings. The summed E-state index contributed by atoms with van der Waals surface area (Å²) in [4.78, 5) is 0. The van der Waals surface area contributed by atoms with Crippen molar-refractivity contribution in [2.45, 2.75) is 19.3 Å². The van der Waals surface area contributed by atoms with Crippen molar-refractivity contribution in [2.24, 2.45) is 5.92 Å². The lowest BCUT2D eigenvalue weighted by atomic mass is 9.95. The molecule has 66 valence electrons. The van der Waals surface area contributed by atoms with Gasteiger partial charge in [0, 0.05) is 13.1 Å². The molecular weight excluding hydrogens is 140 g/mol. The highest BCUT2D eigenvalue weighted by Gasteiger charge is 2.15. The van der Waals surface area contributed by atoms with Crippen LogP contribution in [-0.2, 0) is 0 Å². The summed E-state index contributed by atoms with van der Waals surface area (Å²) in [6.07, 6.45) is 5.30. The van der Waals surface area contributed by atoms with Crippen LogP contribution in [0.25, 0.3) is 0 Å². The van der Waals surface area contributed by atoms with Crippen LogP contribution in [0.1, 0.15) is 19.3 Å². The van der Waals surface area contributed by atoms with Crippen molar-refractivity contribution in [3.05, 3.63) is 12.7 Å². The predicted octanol–water partition coefficient (Wildman–Crippen LogP) is 1.83. The van der Waals surface area contributed by atoms with Crippen LogP contribution in [0.5, 0.6) is 0 Å². The Balaban J connectivity index is 0.000001000. The van der Waals surface area contributed by atoms with Crippen LogP contribution in [0.3, 0.4) is 0 Å². The van der Waals surface area contributed by atoms with Crippen LogP contribution < -0.4 is 6.15 Å². The van der Waals surface area contributed by atoms with E-state index in [1.54, 1.807) is 0 Å². The van der Waals surface area contributed by atoms with E-state index >= 15 is 0 Å². The Hall–Kier alpha value is -0.380. The van der Waals surface area contributed by atoms with Crippen LogP contribution in [0, 0.1) is 5.92 Å². The highest BCUT2D eigenvalue weighted by atomic mass is 16.5. The minimum Gasteiger partial charge on any atom is -0.344 e. The zero-order chi connectivity index (χ0) is 7.40. The van der Waals surface area contributed by atoms with Crippen LogP contribution in [0.15, 0.2) is 12.7 Å². The van der Waals surface area contributed by atoms with Gasteiger partial charge in [-0.2, -0.15) is 5.06 Å². The summed E-state index contributed by atoms with van der Waals surface area (Å²) in [7, 11) is 0. The minimum atomic E-state index is 0. The third-order valence-electron chi connectivity index (χ3n) is 2.09. The van der Waals surface area contributed by atoms with Crippen molar-refractivity contribution >= 4 is 0 Å². The lowest BCUT2D eigenvalue weighted by Gasteiger charge is -2.26. The summed E-state index contributed by atoms with van der Waals surface area (Å²) in [5.74, 6) is 0.765. The second-order valence-electron chi connectivity index (χ2n) is 2.92. The van der Waals surface area contributed by atoms with Gasteiger partial charge < -0.3 is 11.4 Å². The van der Waals surface area contributed by atoms with Crippen molar-refractivity contribution < 1.29 is 5.21 Å². The van der Waals surface area contributed by atoms with Gasteiger partial charge in [0.05, 0.1) is 0 Å². The van der Waals surface area contributed by atoms with Crippen molar-refractivity contribution in [3.8, 4) is 0 Å². The molecule has 0 saturated carbocycles. The molecule has 0 atom stereocenters. The first-order chi connectivity index (χ1) is 4.83. The smallest absolute Gasteiger partial charge is 0.0240 e. The fourth-order valence-electron chi connectivity index (χ4n) is 1.39. The van der Waals surface area contributed by atoms with E-state index in [1.165, 1.54) is 5.06 Å². The SMILES string of the molecule is C=CCC1CCN(O)CC1.N. The number of hydrogen-bond acceptors (Lipinski definition) is 3. The average molecular weight is 158 g/mol. The summed E-state index contributed by atoms with van der Waals surface area (Å²) < 4.78 is 0. The first-order valence-corrected chi connectivity index (χ1v) is 3.87. The molecule has 11 heavy (non-hydrogen) atoms. The molecule has 1 rings (SSSR count). The monoisotopic (exact) mass is 158 g/mol. The summed E-state index contributed by atoms with van der Waals surface area (Å²) in [5, 5.41) is 10.4. The molecule has 1 aliphatic rings. The van der Waals surface area contributed by atoms with E-state index in [0.29, 0.717) is 0 Å². The molecule has 0 bridgehead atoms. The topological polar surface area (TPSA) is 58.5 Å². The first kappa shape index (κ1) is 10.6. The molecule has 0 radical (unpaired) electrons. The van der Waals surface area contributed by atoms with Gasteiger partial charge in [-0.3, -0.25) is 0 Å². The number of piperidine rings is 1. The van der Waals surface area contributed by atoms with Gasteiger partial charge in [0.25, 0.3) is 0 Å². The van der Waals surface area contributed by atoms with Gasteiger partial charge in [-0.15, -0.1) is 6.58 Å². The summed E-state index contributed by atoms with van der Waals surface area (Å²) in [6.45, 7) is 5.36. The summed E-state index contributed by atoms with van der Waals surface area (Å²) in [6, 6.07) is 0. The number of hydrogen-bond donors (Lipinski definition) is 2. The van der Waals surface area contributed by atoms with Crippen molar-refractivity contribution in [2.75, 3.05) is 13.1 Å². The van der Waals surface area contributed by atoms with Crippen LogP contribution in [-0.4, -0.2) is 23.4 Å². The maximum absolute atomic E-state index is 9.00. The van der Waals surface area contributed by atoms with Gasteiger partial charge >= 0.3 is 0 Å². The molecule has 0 aromatic heterocycles. The van der Waals surface area contributed by atoms with Gasteiger partial charge in [0.2, 0.25) is 0 Å². The number of nitrogens with zero attached hydrogens (tertiary/aromatic N) is 1. The standard InChI is InChI=1S/C8H15NO.H3N/c1-2-3-8-4-6-9(10)7-5-8;/h2,8,10H,1,3-7H2;1H3. The van der Waals surface area contributed by atoms with E-state index < -0.39 is 0 Å². The fourth-order valence-corrected chi connectivity index (χ4v) is 1.39. The van der Waals surface area contributed by atoms with Crippen LogP contribution in [0.2, 0.25) is 0 Å².